The first-order valence-corrected chi connectivity index (χ1v) is 8.71. The monoisotopic (exact) mass is 399 g/mol. The van der Waals surface area contributed by atoms with Gasteiger partial charge in [-0.15, -0.1) is 0 Å². The Morgan fingerprint density at radius 2 is 1.96 bits per heavy atom. The van der Waals surface area contributed by atoms with E-state index in [0.29, 0.717) is 5.56 Å². The van der Waals surface area contributed by atoms with Gasteiger partial charge in [0.1, 0.15) is 18.3 Å². The molecule has 0 radical (unpaired) electrons. The molecule has 1 saturated heterocycles. The van der Waals surface area contributed by atoms with Gasteiger partial charge in [0.2, 0.25) is 5.91 Å². The van der Waals surface area contributed by atoms with Gasteiger partial charge in [0.25, 0.3) is 5.79 Å². The third-order valence-corrected chi connectivity index (χ3v) is 4.50. The van der Waals surface area contributed by atoms with E-state index >= 15 is 0 Å². The second-order valence-corrected chi connectivity index (χ2v) is 6.65. The first-order chi connectivity index (χ1) is 13.2. The van der Waals surface area contributed by atoms with E-state index in [0.717, 1.165) is 0 Å². The van der Waals surface area contributed by atoms with Gasteiger partial charge in [-0.1, -0.05) is 30.3 Å². The lowest BCUT2D eigenvalue weighted by Gasteiger charge is -2.46. The van der Waals surface area contributed by atoms with Crippen molar-refractivity contribution in [3.8, 4) is 0 Å². The third-order valence-electron chi connectivity index (χ3n) is 4.50. The number of nitrogens with one attached hydrogen (secondary N) is 1. The minimum absolute atomic E-state index is 0.157. The molecular formula is C18H25NO9. The van der Waals surface area contributed by atoms with Crippen molar-refractivity contribution >= 4 is 11.9 Å². The van der Waals surface area contributed by atoms with Crippen LogP contribution in [-0.2, 0) is 25.7 Å². The predicted octanol–water partition coefficient (Wildman–Crippen LogP) is -1.65. The Hall–Kier alpha value is -2.08. The Morgan fingerprint density at radius 3 is 2.50 bits per heavy atom. The van der Waals surface area contributed by atoms with E-state index in [1.54, 1.807) is 30.3 Å². The molecule has 1 aliphatic rings. The number of carbonyl (C=O) groups is 2. The summed E-state index contributed by atoms with van der Waals surface area (Å²) >= 11 is 0. The number of benzene rings is 1. The molecule has 28 heavy (non-hydrogen) atoms. The fourth-order valence-corrected chi connectivity index (χ4v) is 3.05. The summed E-state index contributed by atoms with van der Waals surface area (Å²) in [6, 6.07) is 7.44. The van der Waals surface area contributed by atoms with Crippen LogP contribution in [0.4, 0.5) is 0 Å². The number of carboxylic acids is 1. The molecular weight excluding hydrogens is 374 g/mol. The fraction of sp³-hybridized carbons (Fsp3) is 0.556. The van der Waals surface area contributed by atoms with Crippen LogP contribution < -0.4 is 5.32 Å². The predicted molar refractivity (Wildman–Crippen MR) is 93.8 cm³/mol. The summed E-state index contributed by atoms with van der Waals surface area (Å²) in [5.41, 5.74) is 0.651. The molecule has 0 aliphatic carbocycles. The molecule has 0 aromatic heterocycles. The Balaban J connectivity index is 2.31. The van der Waals surface area contributed by atoms with Crippen molar-refractivity contribution in [1.29, 1.82) is 0 Å². The highest BCUT2D eigenvalue weighted by Crippen LogP contribution is 2.34. The molecule has 1 amide bonds. The standard InChI is InChI=1S/C18H25NO9/c1-10(21)19-14-12(22)7-18(17(25)26,27-9-11-5-3-2-4-6-11)28-16(14)15(24)13(23)8-20/h2-6,12-16,20,22-24H,7-9H2,1H3,(H,19,21)(H,25,26)/t12-,13+,14+,15+,16+,18+/m0/s1. The highest BCUT2D eigenvalue weighted by Gasteiger charge is 2.55. The van der Waals surface area contributed by atoms with E-state index in [1.807, 2.05) is 0 Å². The maximum Gasteiger partial charge on any atom is 0.364 e. The summed E-state index contributed by atoms with van der Waals surface area (Å²) in [6.45, 7) is 0.175. The maximum absolute atomic E-state index is 11.9. The molecule has 2 rings (SSSR count). The highest BCUT2D eigenvalue weighted by atomic mass is 16.7. The number of carbonyl (C=O) groups excluding carboxylic acids is 1. The Labute approximate surface area is 161 Å². The van der Waals surface area contributed by atoms with Crippen LogP contribution in [0.15, 0.2) is 30.3 Å². The second kappa shape index (κ2) is 9.41. The minimum Gasteiger partial charge on any atom is -0.477 e. The lowest BCUT2D eigenvalue weighted by molar-refractivity contribution is -0.314. The second-order valence-electron chi connectivity index (χ2n) is 6.65. The normalized spacial score (nSPS) is 29.7. The van der Waals surface area contributed by atoms with Gasteiger partial charge in [-0.2, -0.15) is 0 Å². The largest absolute Gasteiger partial charge is 0.477 e. The van der Waals surface area contributed by atoms with E-state index in [-0.39, 0.29) is 6.61 Å². The summed E-state index contributed by atoms with van der Waals surface area (Å²) in [5.74, 6) is -4.43. The average molecular weight is 399 g/mol. The fourth-order valence-electron chi connectivity index (χ4n) is 3.05. The molecule has 0 bridgehead atoms. The van der Waals surface area contributed by atoms with Crippen molar-refractivity contribution in [2.75, 3.05) is 6.61 Å². The number of amides is 1. The minimum atomic E-state index is -2.33. The Kier molecular flexibility index (Phi) is 7.47. The van der Waals surface area contributed by atoms with Gasteiger partial charge in [0.05, 0.1) is 25.4 Å². The van der Waals surface area contributed by atoms with Gasteiger partial charge in [-0.05, 0) is 5.56 Å². The maximum atomic E-state index is 11.9. The van der Waals surface area contributed by atoms with E-state index in [9.17, 15) is 30.0 Å². The Morgan fingerprint density at radius 1 is 1.32 bits per heavy atom. The van der Waals surface area contributed by atoms with Crippen LogP contribution in [0.3, 0.4) is 0 Å². The molecule has 1 fully saturated rings. The SMILES string of the molecule is CC(=O)N[C@H]1[C@H]([C@H](O)[C@H](O)CO)O[C@@](OCc2ccccc2)(C(=O)O)C[C@@H]1O. The zero-order valence-electron chi connectivity index (χ0n) is 15.3. The van der Waals surface area contributed by atoms with Crippen molar-refractivity contribution in [1.82, 2.24) is 5.32 Å². The smallest absolute Gasteiger partial charge is 0.364 e. The number of rotatable bonds is 8. The van der Waals surface area contributed by atoms with E-state index in [1.165, 1.54) is 6.92 Å². The number of aliphatic hydroxyl groups is 4. The summed E-state index contributed by atoms with van der Waals surface area (Å²) in [4.78, 5) is 23.4. The van der Waals surface area contributed by atoms with E-state index in [2.05, 4.69) is 5.32 Å². The van der Waals surface area contributed by atoms with Crippen LogP contribution in [0.2, 0.25) is 0 Å². The molecule has 1 heterocycles. The van der Waals surface area contributed by atoms with Crippen LogP contribution >= 0.6 is 0 Å². The van der Waals surface area contributed by atoms with Crippen molar-refractivity contribution in [3.63, 3.8) is 0 Å². The number of hydrogen-bond donors (Lipinski definition) is 6. The van der Waals surface area contributed by atoms with E-state index < -0.39 is 61.1 Å². The van der Waals surface area contributed by atoms with Crippen molar-refractivity contribution in [3.05, 3.63) is 35.9 Å². The summed E-state index contributed by atoms with van der Waals surface area (Å²) < 4.78 is 11.0. The molecule has 0 unspecified atom stereocenters. The molecule has 6 atom stereocenters. The molecule has 10 heteroatoms. The summed E-state index contributed by atoms with van der Waals surface area (Å²) in [5, 5.41) is 51.7. The number of aliphatic hydroxyl groups excluding tert-OH is 4. The van der Waals surface area contributed by atoms with Crippen LogP contribution in [0.1, 0.15) is 18.9 Å². The van der Waals surface area contributed by atoms with Crippen molar-refractivity contribution in [2.45, 2.75) is 56.2 Å². The lowest BCUT2D eigenvalue weighted by Crippen LogP contribution is -2.67. The van der Waals surface area contributed by atoms with Gasteiger partial charge in [0.15, 0.2) is 0 Å². The first kappa shape index (κ1) is 22.2. The summed E-state index contributed by atoms with van der Waals surface area (Å²) in [7, 11) is 0. The molecule has 156 valence electrons. The topological polar surface area (TPSA) is 166 Å². The van der Waals surface area contributed by atoms with Gasteiger partial charge in [0, 0.05) is 13.3 Å². The van der Waals surface area contributed by atoms with Gasteiger partial charge < -0.3 is 40.3 Å². The average Bonchev–Trinajstić information content (AvgIpc) is 2.67. The van der Waals surface area contributed by atoms with Crippen LogP contribution in [0.25, 0.3) is 0 Å². The molecule has 1 aromatic rings. The summed E-state index contributed by atoms with van der Waals surface area (Å²) in [6.07, 6.45) is -7.03. The van der Waals surface area contributed by atoms with Crippen molar-refractivity contribution in [2.24, 2.45) is 0 Å². The lowest BCUT2D eigenvalue weighted by atomic mass is 9.88. The zero-order chi connectivity index (χ0) is 20.9. The van der Waals surface area contributed by atoms with Crippen LogP contribution in [-0.4, -0.2) is 80.3 Å². The number of aliphatic carboxylic acids is 1. The van der Waals surface area contributed by atoms with Gasteiger partial charge in [-0.3, -0.25) is 4.79 Å². The van der Waals surface area contributed by atoms with Crippen LogP contribution in [0, 0.1) is 0 Å². The quantitative estimate of drug-likeness (QED) is 0.300. The van der Waals surface area contributed by atoms with Gasteiger partial charge >= 0.3 is 5.97 Å². The number of carboxylic acid groups (broad SMARTS) is 1. The molecule has 0 spiro atoms. The zero-order valence-corrected chi connectivity index (χ0v) is 15.3. The number of ether oxygens (including phenoxy) is 2. The molecule has 1 aliphatic heterocycles. The molecule has 1 aromatic carbocycles. The molecule has 0 saturated carbocycles. The van der Waals surface area contributed by atoms with Gasteiger partial charge in [-0.25, -0.2) is 4.79 Å². The molecule has 6 N–H and O–H groups in total. The molecule has 10 nitrogen and oxygen atoms in total. The highest BCUT2D eigenvalue weighted by molar-refractivity contribution is 5.76. The first-order valence-electron chi connectivity index (χ1n) is 8.71. The number of hydrogen-bond acceptors (Lipinski definition) is 8. The Bertz CT molecular complexity index is 670. The third kappa shape index (κ3) is 5.04. The van der Waals surface area contributed by atoms with E-state index in [4.69, 9.17) is 14.6 Å². The van der Waals surface area contributed by atoms with Crippen LogP contribution in [0.5, 0.6) is 0 Å². The van der Waals surface area contributed by atoms with Crippen molar-refractivity contribution < 1.29 is 44.6 Å².